The zero-order valence-corrected chi connectivity index (χ0v) is 13.5. The van der Waals surface area contributed by atoms with E-state index < -0.39 is 0 Å². The molecule has 19 heavy (non-hydrogen) atoms. The number of benzene rings is 1. The molecule has 1 aromatic rings. The van der Waals surface area contributed by atoms with Gasteiger partial charge in [0.15, 0.2) is 0 Å². The number of halogens is 1. The van der Waals surface area contributed by atoms with Crippen molar-refractivity contribution in [3.63, 3.8) is 0 Å². The second-order valence-corrected chi connectivity index (χ2v) is 6.39. The topological polar surface area (TPSA) is 38.5 Å². The molecule has 0 radical (unpaired) electrons. The average Bonchev–Trinajstić information content (AvgIpc) is 2.38. The van der Waals surface area contributed by atoms with E-state index in [-0.39, 0.29) is 6.04 Å². The lowest BCUT2D eigenvalue weighted by Gasteiger charge is -2.39. The van der Waals surface area contributed by atoms with Crippen molar-refractivity contribution in [1.82, 2.24) is 0 Å². The van der Waals surface area contributed by atoms with E-state index in [0.29, 0.717) is 12.0 Å². The molecule has 0 saturated carbocycles. The Morgan fingerprint density at radius 3 is 2.84 bits per heavy atom. The highest BCUT2D eigenvalue weighted by Gasteiger charge is 2.27. The van der Waals surface area contributed by atoms with Crippen molar-refractivity contribution in [2.45, 2.75) is 32.4 Å². The third-order valence-electron chi connectivity index (χ3n) is 4.02. The van der Waals surface area contributed by atoms with Gasteiger partial charge in [-0.05, 0) is 37.0 Å². The maximum Gasteiger partial charge on any atom is 0.0772 e. The highest BCUT2D eigenvalue weighted by molar-refractivity contribution is 9.10. The van der Waals surface area contributed by atoms with Crippen LogP contribution < -0.4 is 10.6 Å². The Labute approximate surface area is 124 Å². The summed E-state index contributed by atoms with van der Waals surface area (Å²) in [4.78, 5) is 2.40. The number of ether oxygens (including phenoxy) is 1. The molecule has 106 valence electrons. The Balaban J connectivity index is 2.28. The number of hydrogen-bond acceptors (Lipinski definition) is 3. The summed E-state index contributed by atoms with van der Waals surface area (Å²) in [6, 6.07) is 6.39. The number of nitrogens with two attached hydrogens (primary N) is 1. The lowest BCUT2D eigenvalue weighted by atomic mass is 9.94. The molecule has 1 aliphatic rings. The van der Waals surface area contributed by atoms with Crippen LogP contribution in [0.3, 0.4) is 0 Å². The van der Waals surface area contributed by atoms with Crippen LogP contribution in [0.15, 0.2) is 22.7 Å². The monoisotopic (exact) mass is 326 g/mol. The van der Waals surface area contributed by atoms with E-state index in [1.165, 1.54) is 11.3 Å². The first-order valence-electron chi connectivity index (χ1n) is 6.85. The van der Waals surface area contributed by atoms with Gasteiger partial charge in [-0.2, -0.15) is 0 Å². The molecule has 0 spiro atoms. The number of rotatable bonds is 3. The molecule has 1 aliphatic heterocycles. The highest BCUT2D eigenvalue weighted by Crippen LogP contribution is 2.32. The van der Waals surface area contributed by atoms with Crippen LogP contribution in [0.25, 0.3) is 0 Å². The molecule has 0 amide bonds. The fourth-order valence-electron chi connectivity index (χ4n) is 2.74. The maximum atomic E-state index is 6.09. The predicted octanol–water partition coefficient (Wildman–Crippen LogP) is 3.33. The van der Waals surface area contributed by atoms with Crippen LogP contribution in [0.4, 0.5) is 5.69 Å². The molecule has 3 nitrogen and oxygen atoms in total. The molecule has 0 aromatic heterocycles. The minimum absolute atomic E-state index is 0.0449. The van der Waals surface area contributed by atoms with Gasteiger partial charge >= 0.3 is 0 Å². The minimum atomic E-state index is 0.0449. The normalized spacial score (nSPS) is 25.4. The Morgan fingerprint density at radius 2 is 2.21 bits per heavy atom. The fraction of sp³-hybridized carbons (Fsp3) is 0.600. The molecule has 1 heterocycles. The van der Waals surface area contributed by atoms with Crippen LogP contribution in [0.2, 0.25) is 0 Å². The zero-order chi connectivity index (χ0) is 14.0. The van der Waals surface area contributed by atoms with E-state index in [1.54, 1.807) is 7.11 Å². The number of methoxy groups -OCH3 is 1. The number of anilines is 1. The first-order chi connectivity index (χ1) is 9.02. The summed E-state index contributed by atoms with van der Waals surface area (Å²) in [5.74, 6) is 0.618. The molecule has 0 aliphatic carbocycles. The summed E-state index contributed by atoms with van der Waals surface area (Å²) >= 11 is 3.56. The van der Waals surface area contributed by atoms with Crippen LogP contribution in [-0.4, -0.2) is 26.3 Å². The van der Waals surface area contributed by atoms with Crippen molar-refractivity contribution in [3.8, 4) is 0 Å². The van der Waals surface area contributed by atoms with Gasteiger partial charge in [0.05, 0.1) is 6.10 Å². The van der Waals surface area contributed by atoms with E-state index in [2.05, 4.69) is 46.0 Å². The second-order valence-electron chi connectivity index (χ2n) is 5.48. The smallest absolute Gasteiger partial charge is 0.0772 e. The van der Waals surface area contributed by atoms with Gasteiger partial charge in [-0.3, -0.25) is 0 Å². The molecular formula is C15H23BrN2O. The third-order valence-corrected chi connectivity index (χ3v) is 4.51. The summed E-state index contributed by atoms with van der Waals surface area (Å²) in [6.07, 6.45) is 1.46. The van der Waals surface area contributed by atoms with Gasteiger partial charge in [-0.1, -0.05) is 28.9 Å². The van der Waals surface area contributed by atoms with Crippen LogP contribution in [0, 0.1) is 5.92 Å². The molecule has 2 rings (SSSR count). The summed E-state index contributed by atoms with van der Waals surface area (Å²) in [6.45, 7) is 6.30. The zero-order valence-electron chi connectivity index (χ0n) is 11.9. The lowest BCUT2D eigenvalue weighted by molar-refractivity contribution is 0.0498. The standard InChI is InChI=1S/C15H23BrN2O/c1-10-6-7-18(9-15(10)19-3)14-8-12(16)4-5-13(14)11(2)17/h4-5,8,10-11,15H,6-7,9,17H2,1-3H3. The number of nitrogens with zero attached hydrogens (tertiary/aromatic N) is 1. The fourth-order valence-corrected chi connectivity index (χ4v) is 3.08. The van der Waals surface area contributed by atoms with Crippen molar-refractivity contribution in [2.75, 3.05) is 25.1 Å². The van der Waals surface area contributed by atoms with E-state index in [9.17, 15) is 0 Å². The van der Waals surface area contributed by atoms with Gasteiger partial charge in [0.1, 0.15) is 0 Å². The number of hydrogen-bond donors (Lipinski definition) is 1. The highest BCUT2D eigenvalue weighted by atomic mass is 79.9. The molecule has 3 atom stereocenters. The van der Waals surface area contributed by atoms with Crippen molar-refractivity contribution >= 4 is 21.6 Å². The van der Waals surface area contributed by atoms with Crippen LogP contribution >= 0.6 is 15.9 Å². The average molecular weight is 327 g/mol. The molecule has 1 fully saturated rings. The van der Waals surface area contributed by atoms with Gasteiger partial charge in [-0.15, -0.1) is 0 Å². The first-order valence-corrected chi connectivity index (χ1v) is 7.65. The largest absolute Gasteiger partial charge is 0.379 e. The SMILES string of the molecule is COC1CN(c2cc(Br)ccc2C(C)N)CCC1C. The Hall–Kier alpha value is -0.580. The van der Waals surface area contributed by atoms with Crippen molar-refractivity contribution in [2.24, 2.45) is 11.7 Å². The van der Waals surface area contributed by atoms with Crippen molar-refractivity contribution < 1.29 is 4.74 Å². The first kappa shape index (κ1) is 14.8. The van der Waals surface area contributed by atoms with Gasteiger partial charge in [-0.25, -0.2) is 0 Å². The van der Waals surface area contributed by atoms with Crippen molar-refractivity contribution in [1.29, 1.82) is 0 Å². The summed E-state index contributed by atoms with van der Waals surface area (Å²) in [5, 5.41) is 0. The van der Waals surface area contributed by atoms with Crippen LogP contribution in [0.1, 0.15) is 31.9 Å². The van der Waals surface area contributed by atoms with E-state index in [4.69, 9.17) is 10.5 Å². The number of piperidine rings is 1. The van der Waals surface area contributed by atoms with E-state index in [0.717, 1.165) is 24.0 Å². The minimum Gasteiger partial charge on any atom is -0.379 e. The quantitative estimate of drug-likeness (QED) is 0.925. The Bertz CT molecular complexity index is 436. The summed E-state index contributed by atoms with van der Waals surface area (Å²) in [7, 11) is 1.80. The molecular weight excluding hydrogens is 304 g/mol. The Morgan fingerprint density at radius 1 is 1.47 bits per heavy atom. The lowest BCUT2D eigenvalue weighted by Crippen LogP contribution is -2.44. The summed E-state index contributed by atoms with van der Waals surface area (Å²) < 4.78 is 6.70. The van der Waals surface area contributed by atoms with Gasteiger partial charge in [0.25, 0.3) is 0 Å². The van der Waals surface area contributed by atoms with Crippen LogP contribution in [-0.2, 0) is 4.74 Å². The van der Waals surface area contributed by atoms with E-state index in [1.807, 2.05) is 6.92 Å². The third kappa shape index (κ3) is 3.30. The molecule has 3 unspecified atom stereocenters. The van der Waals surface area contributed by atoms with E-state index >= 15 is 0 Å². The molecule has 2 N–H and O–H groups in total. The van der Waals surface area contributed by atoms with Crippen molar-refractivity contribution in [3.05, 3.63) is 28.2 Å². The predicted molar refractivity (Wildman–Crippen MR) is 83.5 cm³/mol. The van der Waals surface area contributed by atoms with Crippen LogP contribution in [0.5, 0.6) is 0 Å². The van der Waals surface area contributed by atoms with Gasteiger partial charge < -0.3 is 15.4 Å². The molecule has 0 bridgehead atoms. The molecule has 1 aromatic carbocycles. The summed E-state index contributed by atoms with van der Waals surface area (Å²) in [5.41, 5.74) is 8.53. The second kappa shape index (κ2) is 6.25. The Kier molecular flexibility index (Phi) is 4.87. The maximum absolute atomic E-state index is 6.09. The van der Waals surface area contributed by atoms with Gasteiger partial charge in [0.2, 0.25) is 0 Å². The van der Waals surface area contributed by atoms with Gasteiger partial charge in [0, 0.05) is 36.4 Å². The molecule has 1 saturated heterocycles. The molecule has 4 heteroatoms.